The zero-order valence-corrected chi connectivity index (χ0v) is 11.7. The number of hydrogen-bond acceptors (Lipinski definition) is 5. The molecule has 3 rings (SSSR count). The van der Waals surface area contributed by atoms with E-state index in [1.807, 2.05) is 12.1 Å². The SMILES string of the molecule is Nc1cc2c(cc1N(CCO)C1CCCC1)OCCO2. The summed E-state index contributed by atoms with van der Waals surface area (Å²) in [5.41, 5.74) is 7.83. The number of fused-ring (bicyclic) bond motifs is 1. The summed E-state index contributed by atoms with van der Waals surface area (Å²) in [5, 5.41) is 9.35. The lowest BCUT2D eigenvalue weighted by atomic mass is 10.1. The van der Waals surface area contributed by atoms with E-state index in [0.29, 0.717) is 37.2 Å². The Labute approximate surface area is 119 Å². The minimum atomic E-state index is 0.129. The molecular weight excluding hydrogens is 256 g/mol. The van der Waals surface area contributed by atoms with Gasteiger partial charge in [-0.25, -0.2) is 0 Å². The van der Waals surface area contributed by atoms with Crippen LogP contribution in [0.25, 0.3) is 0 Å². The molecule has 2 aliphatic rings. The van der Waals surface area contributed by atoms with Gasteiger partial charge in [-0.05, 0) is 12.8 Å². The van der Waals surface area contributed by atoms with Gasteiger partial charge in [0.2, 0.25) is 0 Å². The van der Waals surface area contributed by atoms with E-state index in [1.165, 1.54) is 12.8 Å². The van der Waals surface area contributed by atoms with Crippen LogP contribution >= 0.6 is 0 Å². The van der Waals surface area contributed by atoms with Crippen LogP contribution in [-0.2, 0) is 0 Å². The van der Waals surface area contributed by atoms with Crippen LogP contribution in [-0.4, -0.2) is 37.5 Å². The number of nitrogens with zero attached hydrogens (tertiary/aromatic N) is 1. The first-order valence-corrected chi connectivity index (χ1v) is 7.36. The largest absolute Gasteiger partial charge is 0.486 e. The summed E-state index contributed by atoms with van der Waals surface area (Å²) >= 11 is 0. The number of hydrogen-bond donors (Lipinski definition) is 2. The summed E-state index contributed by atoms with van der Waals surface area (Å²) in [6, 6.07) is 4.26. The number of nitrogen functional groups attached to an aromatic ring is 1. The monoisotopic (exact) mass is 278 g/mol. The van der Waals surface area contributed by atoms with E-state index in [2.05, 4.69) is 4.90 Å². The standard InChI is InChI=1S/C15H22N2O3/c16-12-9-14-15(20-8-7-19-14)10-13(12)17(5-6-18)11-3-1-2-4-11/h9-11,18H,1-8,16H2. The predicted molar refractivity (Wildman–Crippen MR) is 78.5 cm³/mol. The van der Waals surface area contributed by atoms with Crippen LogP contribution in [0.2, 0.25) is 0 Å². The van der Waals surface area contributed by atoms with Crippen molar-refractivity contribution in [3.05, 3.63) is 12.1 Å². The van der Waals surface area contributed by atoms with Crippen LogP contribution in [0.5, 0.6) is 11.5 Å². The number of benzene rings is 1. The Bertz CT molecular complexity index is 472. The van der Waals surface area contributed by atoms with E-state index in [0.717, 1.165) is 24.3 Å². The molecule has 1 aliphatic carbocycles. The van der Waals surface area contributed by atoms with Gasteiger partial charge in [0.15, 0.2) is 11.5 Å². The molecule has 0 unspecified atom stereocenters. The molecule has 5 nitrogen and oxygen atoms in total. The Morgan fingerprint density at radius 2 is 1.80 bits per heavy atom. The molecule has 0 amide bonds. The van der Waals surface area contributed by atoms with E-state index in [-0.39, 0.29) is 6.61 Å². The number of nitrogens with two attached hydrogens (primary N) is 1. The molecule has 0 atom stereocenters. The second-order valence-electron chi connectivity index (χ2n) is 5.41. The molecule has 0 spiro atoms. The van der Waals surface area contributed by atoms with Crippen molar-refractivity contribution in [2.45, 2.75) is 31.7 Å². The molecule has 0 radical (unpaired) electrons. The third-order valence-corrected chi connectivity index (χ3v) is 4.11. The normalized spacial score (nSPS) is 18.2. The molecular formula is C15H22N2O3. The Hall–Kier alpha value is -1.62. The van der Waals surface area contributed by atoms with Gasteiger partial charge >= 0.3 is 0 Å². The summed E-state index contributed by atoms with van der Waals surface area (Å²) in [4.78, 5) is 2.22. The molecule has 1 aromatic carbocycles. The molecule has 0 bridgehead atoms. The minimum absolute atomic E-state index is 0.129. The lowest BCUT2D eigenvalue weighted by Gasteiger charge is -2.32. The van der Waals surface area contributed by atoms with E-state index < -0.39 is 0 Å². The van der Waals surface area contributed by atoms with E-state index >= 15 is 0 Å². The Balaban J connectivity index is 1.92. The Kier molecular flexibility index (Phi) is 3.87. The van der Waals surface area contributed by atoms with Crippen molar-refractivity contribution in [3.63, 3.8) is 0 Å². The fourth-order valence-corrected chi connectivity index (χ4v) is 3.17. The summed E-state index contributed by atoms with van der Waals surface area (Å²) < 4.78 is 11.2. The second kappa shape index (κ2) is 5.79. The molecule has 3 N–H and O–H groups in total. The summed E-state index contributed by atoms with van der Waals surface area (Å²) in [5.74, 6) is 1.47. The van der Waals surface area contributed by atoms with Gasteiger partial charge in [-0.15, -0.1) is 0 Å². The fraction of sp³-hybridized carbons (Fsp3) is 0.600. The highest BCUT2D eigenvalue weighted by molar-refractivity contribution is 5.73. The average molecular weight is 278 g/mol. The second-order valence-corrected chi connectivity index (χ2v) is 5.41. The van der Waals surface area contributed by atoms with E-state index in [1.54, 1.807) is 0 Å². The van der Waals surface area contributed by atoms with Gasteiger partial charge in [0, 0.05) is 24.7 Å². The van der Waals surface area contributed by atoms with Gasteiger partial charge in [-0.3, -0.25) is 0 Å². The van der Waals surface area contributed by atoms with Gasteiger partial charge in [-0.1, -0.05) is 12.8 Å². The molecule has 110 valence electrons. The van der Waals surface area contributed by atoms with Crippen LogP contribution in [0.4, 0.5) is 11.4 Å². The van der Waals surface area contributed by atoms with Gasteiger partial charge in [0.25, 0.3) is 0 Å². The highest BCUT2D eigenvalue weighted by Gasteiger charge is 2.25. The molecule has 1 aromatic rings. The van der Waals surface area contributed by atoms with Crippen molar-refractivity contribution in [3.8, 4) is 11.5 Å². The van der Waals surface area contributed by atoms with Crippen molar-refractivity contribution in [1.82, 2.24) is 0 Å². The minimum Gasteiger partial charge on any atom is -0.486 e. The summed E-state index contributed by atoms with van der Waals surface area (Å²) in [7, 11) is 0. The maximum atomic E-state index is 9.35. The average Bonchev–Trinajstić information content (AvgIpc) is 2.98. The Morgan fingerprint density at radius 1 is 1.15 bits per heavy atom. The van der Waals surface area contributed by atoms with Gasteiger partial charge in [0.1, 0.15) is 13.2 Å². The first-order chi connectivity index (χ1) is 9.79. The van der Waals surface area contributed by atoms with Crippen LogP contribution in [0, 0.1) is 0 Å². The topological polar surface area (TPSA) is 68.0 Å². The lowest BCUT2D eigenvalue weighted by molar-refractivity contribution is 0.171. The first kappa shape index (κ1) is 13.4. The quantitative estimate of drug-likeness (QED) is 0.822. The van der Waals surface area contributed by atoms with Gasteiger partial charge in [0.05, 0.1) is 18.0 Å². The third kappa shape index (κ3) is 2.50. The van der Waals surface area contributed by atoms with Gasteiger partial charge in [-0.2, -0.15) is 0 Å². The van der Waals surface area contributed by atoms with Crippen LogP contribution in [0.3, 0.4) is 0 Å². The number of ether oxygens (including phenoxy) is 2. The number of aliphatic hydroxyl groups excluding tert-OH is 1. The zero-order valence-electron chi connectivity index (χ0n) is 11.7. The highest BCUT2D eigenvalue weighted by Crippen LogP contribution is 2.40. The molecule has 0 aromatic heterocycles. The van der Waals surface area contributed by atoms with Crippen LogP contribution < -0.4 is 20.1 Å². The van der Waals surface area contributed by atoms with Crippen molar-refractivity contribution < 1.29 is 14.6 Å². The molecule has 1 aliphatic heterocycles. The summed E-state index contributed by atoms with van der Waals surface area (Å²) in [6.07, 6.45) is 4.82. The van der Waals surface area contributed by atoms with Crippen LogP contribution in [0.15, 0.2) is 12.1 Å². The third-order valence-electron chi connectivity index (χ3n) is 4.11. The van der Waals surface area contributed by atoms with E-state index in [9.17, 15) is 5.11 Å². The van der Waals surface area contributed by atoms with E-state index in [4.69, 9.17) is 15.2 Å². The predicted octanol–water partition coefficient (Wildman–Crippen LogP) is 1.78. The molecule has 5 heteroatoms. The van der Waals surface area contributed by atoms with Crippen molar-refractivity contribution in [1.29, 1.82) is 0 Å². The molecule has 1 fully saturated rings. The van der Waals surface area contributed by atoms with Crippen molar-refractivity contribution in [2.75, 3.05) is 37.0 Å². The van der Waals surface area contributed by atoms with Gasteiger partial charge < -0.3 is 25.2 Å². The Morgan fingerprint density at radius 3 is 2.45 bits per heavy atom. The number of anilines is 2. The molecule has 20 heavy (non-hydrogen) atoms. The van der Waals surface area contributed by atoms with Crippen molar-refractivity contribution in [2.24, 2.45) is 0 Å². The highest BCUT2D eigenvalue weighted by atomic mass is 16.6. The molecule has 1 heterocycles. The lowest BCUT2D eigenvalue weighted by Crippen LogP contribution is -2.36. The number of aliphatic hydroxyl groups is 1. The van der Waals surface area contributed by atoms with Crippen molar-refractivity contribution >= 4 is 11.4 Å². The van der Waals surface area contributed by atoms with Crippen LogP contribution in [0.1, 0.15) is 25.7 Å². The number of rotatable bonds is 4. The fourth-order valence-electron chi connectivity index (χ4n) is 3.17. The maximum Gasteiger partial charge on any atom is 0.163 e. The zero-order chi connectivity index (χ0) is 13.9. The summed E-state index contributed by atoms with van der Waals surface area (Å²) in [6.45, 7) is 1.87. The molecule has 1 saturated carbocycles. The molecule has 0 saturated heterocycles. The smallest absolute Gasteiger partial charge is 0.163 e. The maximum absolute atomic E-state index is 9.35. The first-order valence-electron chi connectivity index (χ1n) is 7.36.